The Morgan fingerprint density at radius 3 is 1.78 bits per heavy atom. The molecule has 422 valence electrons. The number of methoxy groups -OCH3 is 3. The zero-order valence-corrected chi connectivity index (χ0v) is 43.8. The lowest BCUT2D eigenvalue weighted by atomic mass is 10.2. The number of nitrogens with one attached hydrogen (secondary N) is 3. The number of aliphatic hydroxyl groups is 1. The fourth-order valence-electron chi connectivity index (χ4n) is 6.56. The Hall–Kier alpha value is -6.39. The van der Waals surface area contributed by atoms with E-state index in [-0.39, 0.29) is 54.6 Å². The van der Waals surface area contributed by atoms with Gasteiger partial charge >= 0.3 is 24.5 Å². The van der Waals surface area contributed by atoms with E-state index in [9.17, 15) is 45.1 Å². The molecule has 0 bridgehead atoms. The van der Waals surface area contributed by atoms with E-state index in [1.54, 1.807) is 68.2 Å². The fraction of sp³-hybridized carbons (Fsp3) is 0.551. The highest BCUT2D eigenvalue weighted by molar-refractivity contribution is 5.91. The van der Waals surface area contributed by atoms with Gasteiger partial charge in [0.25, 0.3) is 0 Å². The number of pyridine rings is 1. The number of ether oxygens (including phenoxy) is 6. The maximum absolute atomic E-state index is 14.2. The lowest BCUT2D eigenvalue weighted by molar-refractivity contribution is -0.156. The van der Waals surface area contributed by atoms with Crippen LogP contribution in [-0.4, -0.2) is 181 Å². The second kappa shape index (κ2) is 27.1. The first-order chi connectivity index (χ1) is 35.4. The van der Waals surface area contributed by atoms with Crippen LogP contribution >= 0.6 is 0 Å². The second-order valence-corrected chi connectivity index (χ2v) is 19.5. The number of alkyl halides is 6. The van der Waals surface area contributed by atoms with E-state index in [1.807, 2.05) is 46.4 Å². The molecule has 4 aromatic rings. The molecule has 2 aromatic heterocycles. The van der Waals surface area contributed by atoms with Crippen LogP contribution in [0.2, 0.25) is 0 Å². The molecule has 0 unspecified atom stereocenters. The molecule has 4 aliphatic rings. The smallest absolute Gasteiger partial charge is 0.446 e. The van der Waals surface area contributed by atoms with Gasteiger partial charge in [0.1, 0.15) is 34.3 Å². The maximum atomic E-state index is 14.2. The lowest BCUT2D eigenvalue weighted by Gasteiger charge is -2.38. The predicted octanol–water partition coefficient (Wildman–Crippen LogP) is 7.13. The van der Waals surface area contributed by atoms with E-state index in [0.29, 0.717) is 85.9 Å². The van der Waals surface area contributed by atoms with Crippen molar-refractivity contribution in [1.82, 2.24) is 34.6 Å². The number of aromatic nitrogens is 3. The molecular formula is C49H66F7N9O11. The first-order valence-electron chi connectivity index (χ1n) is 23.6. The summed E-state index contributed by atoms with van der Waals surface area (Å²) in [7, 11) is 6.68. The molecule has 4 aliphatic heterocycles. The second-order valence-electron chi connectivity index (χ2n) is 19.5. The van der Waals surface area contributed by atoms with Crippen molar-refractivity contribution in [2.75, 3.05) is 90.9 Å². The van der Waals surface area contributed by atoms with Crippen molar-refractivity contribution in [3.05, 3.63) is 66.1 Å². The molecule has 4 fully saturated rings. The molecule has 0 saturated carbocycles. The normalized spacial score (nSPS) is 16.2. The summed E-state index contributed by atoms with van der Waals surface area (Å²) in [4.78, 5) is 57.2. The minimum absolute atomic E-state index is 0.147. The Bertz CT molecular complexity index is 2530. The SMILES string of the molecule is CC(C)(C)OC(=O)N1CC(O)C1.COC1CN(C(=O)OC(C)(C)C)C1.COC1CN(CC(=O)Nc2cc(Oc3ccc4c(c3)nc(Nc3cc(C(F)(F)F)ccc3F)n4C)ccn2)C1.COC1CNC1.O=CC(F)(F)F. The van der Waals surface area contributed by atoms with Gasteiger partial charge < -0.3 is 63.8 Å². The number of halogens is 7. The van der Waals surface area contributed by atoms with Gasteiger partial charge in [-0.15, -0.1) is 0 Å². The maximum Gasteiger partial charge on any atom is 0.446 e. The number of fused-ring (bicyclic) bond motifs is 1. The number of hydrogen-bond donors (Lipinski definition) is 4. The predicted molar refractivity (Wildman–Crippen MR) is 264 cm³/mol. The third-order valence-corrected chi connectivity index (χ3v) is 10.8. The van der Waals surface area contributed by atoms with Crippen LogP contribution in [-0.2, 0) is 46.5 Å². The third kappa shape index (κ3) is 20.6. The zero-order valence-electron chi connectivity index (χ0n) is 43.8. The monoisotopic (exact) mass is 1090 g/mol. The molecule has 0 spiro atoms. The van der Waals surface area contributed by atoms with E-state index in [4.69, 9.17) is 38.3 Å². The van der Waals surface area contributed by atoms with Gasteiger partial charge in [-0.05, 0) is 77.9 Å². The highest BCUT2D eigenvalue weighted by atomic mass is 19.4. The molecule has 20 nitrogen and oxygen atoms in total. The van der Waals surface area contributed by atoms with Crippen molar-refractivity contribution in [2.24, 2.45) is 7.05 Å². The number of likely N-dealkylation sites (tertiary alicyclic amines) is 3. The van der Waals surface area contributed by atoms with E-state index in [0.717, 1.165) is 19.2 Å². The number of anilines is 3. The van der Waals surface area contributed by atoms with Crippen LogP contribution in [0.4, 0.5) is 57.8 Å². The Morgan fingerprint density at radius 1 is 0.763 bits per heavy atom. The quantitative estimate of drug-likeness (QED) is 0.0916. The molecule has 2 aromatic carbocycles. The van der Waals surface area contributed by atoms with E-state index in [2.05, 4.69) is 25.9 Å². The van der Waals surface area contributed by atoms with Crippen LogP contribution in [0.1, 0.15) is 47.1 Å². The highest BCUT2D eigenvalue weighted by Gasteiger charge is 2.35. The van der Waals surface area contributed by atoms with Gasteiger partial charge in [-0.3, -0.25) is 14.5 Å². The molecule has 6 heterocycles. The summed E-state index contributed by atoms with van der Waals surface area (Å²) in [5.74, 6) is 0.267. The summed E-state index contributed by atoms with van der Waals surface area (Å²) >= 11 is 0. The van der Waals surface area contributed by atoms with Crippen LogP contribution in [0, 0.1) is 5.82 Å². The minimum Gasteiger partial charge on any atom is -0.457 e. The summed E-state index contributed by atoms with van der Waals surface area (Å²) in [6.45, 7) is 16.8. The summed E-state index contributed by atoms with van der Waals surface area (Å²) in [6.07, 6.45) is -8.92. The number of aliphatic hydroxyl groups excluding tert-OH is 1. The van der Waals surface area contributed by atoms with Crippen molar-refractivity contribution in [3.8, 4) is 11.5 Å². The first-order valence-corrected chi connectivity index (χ1v) is 23.6. The van der Waals surface area contributed by atoms with Crippen LogP contribution in [0.5, 0.6) is 11.5 Å². The Morgan fingerprint density at radius 2 is 1.30 bits per heavy atom. The molecule has 8 rings (SSSR count). The number of rotatable bonds is 10. The molecule has 3 amide bonds. The van der Waals surface area contributed by atoms with Gasteiger partial charge in [-0.2, -0.15) is 26.3 Å². The van der Waals surface area contributed by atoms with Gasteiger partial charge in [0.2, 0.25) is 18.1 Å². The summed E-state index contributed by atoms with van der Waals surface area (Å²) < 4.78 is 118. The van der Waals surface area contributed by atoms with Crippen molar-refractivity contribution in [1.29, 1.82) is 0 Å². The lowest BCUT2D eigenvalue weighted by Crippen LogP contribution is -2.55. The summed E-state index contributed by atoms with van der Waals surface area (Å²) in [5, 5.41) is 17.4. The van der Waals surface area contributed by atoms with Crippen LogP contribution in [0.25, 0.3) is 11.0 Å². The number of aryl methyl sites for hydroxylation is 1. The van der Waals surface area contributed by atoms with Gasteiger partial charge in [0.15, 0.2) is 0 Å². The minimum atomic E-state index is -4.64. The van der Waals surface area contributed by atoms with Crippen molar-refractivity contribution in [2.45, 2.75) is 89.5 Å². The number of aldehydes is 1. The van der Waals surface area contributed by atoms with Gasteiger partial charge in [0, 0.05) is 72.9 Å². The average Bonchev–Trinajstić information content (AvgIpc) is 3.56. The van der Waals surface area contributed by atoms with Crippen LogP contribution < -0.4 is 20.7 Å². The number of hydrogen-bond acceptors (Lipinski definition) is 16. The summed E-state index contributed by atoms with van der Waals surface area (Å²) in [6, 6.07) is 10.4. The number of β-amino-alcohol motifs (C(OH)–C–C–N with tert-alkyl or cyclic N) is 1. The average molecular weight is 1090 g/mol. The van der Waals surface area contributed by atoms with Crippen molar-refractivity contribution in [3.63, 3.8) is 0 Å². The van der Waals surface area contributed by atoms with Crippen LogP contribution in [0.15, 0.2) is 54.7 Å². The molecule has 4 saturated heterocycles. The van der Waals surface area contributed by atoms with Crippen molar-refractivity contribution < 1.29 is 83.4 Å². The Balaban J connectivity index is 0.000000271. The standard InChI is InChI=1S/C26H24F4N6O3.C9H17NO3.C8H15NO3.C4H9NO.C2HF3O/c1-35-22-6-4-16(10-21(22)33-25(35)32-20-9-15(26(28,29)30)3-5-19(20)27)39-17-7-8-31-23(11-17)34-24(37)14-36-12-18(13-36)38-2;1-9(2,3)13-8(11)10-5-7(6-10)12-4;1-8(2,3)12-7(11)9-4-6(10)5-9;1-6-4-2-5-3-4;3-2(4,5)1-6/h3-11,18H,12-14H2,1-2H3,(H,32,33)(H,31,34,37);7H,5-6H2,1-4H3;6,10H,4-5H2,1-3H3;4-5H,2-3H2,1H3;1H. The van der Waals surface area contributed by atoms with Crippen molar-refractivity contribution >= 4 is 52.9 Å². The number of carbonyl (C=O) groups excluding carboxylic acids is 4. The molecule has 4 N–H and O–H groups in total. The Kier molecular flexibility index (Phi) is 22.1. The number of benzene rings is 2. The van der Waals surface area contributed by atoms with Crippen LogP contribution in [0.3, 0.4) is 0 Å². The van der Waals surface area contributed by atoms with E-state index >= 15 is 0 Å². The molecule has 0 radical (unpaired) electrons. The molecule has 27 heteroatoms. The fourth-order valence-corrected chi connectivity index (χ4v) is 6.56. The van der Waals surface area contributed by atoms with Gasteiger partial charge in [0.05, 0.1) is 79.4 Å². The first kappa shape index (κ1) is 62.2. The largest absolute Gasteiger partial charge is 0.457 e. The molecule has 76 heavy (non-hydrogen) atoms. The molecule has 0 atom stereocenters. The number of amides is 3. The number of imidazole rings is 1. The van der Waals surface area contributed by atoms with E-state index in [1.165, 1.54) is 11.1 Å². The summed E-state index contributed by atoms with van der Waals surface area (Å²) in [5.41, 5.74) is -1.07. The zero-order chi connectivity index (χ0) is 56.8. The number of carbonyl (C=O) groups is 4. The Labute approximate surface area is 435 Å². The van der Waals surface area contributed by atoms with Gasteiger partial charge in [-0.25, -0.2) is 23.9 Å². The van der Waals surface area contributed by atoms with Gasteiger partial charge in [-0.1, -0.05) is 0 Å². The third-order valence-electron chi connectivity index (χ3n) is 10.8. The number of nitrogens with zero attached hydrogens (tertiary/aromatic N) is 6. The molecule has 0 aliphatic carbocycles. The molecular weight excluding hydrogens is 1020 g/mol. The highest BCUT2D eigenvalue weighted by Crippen LogP contribution is 2.34. The van der Waals surface area contributed by atoms with E-state index < -0.39 is 41.2 Å². The topological polar surface area (TPSA) is 220 Å².